The summed E-state index contributed by atoms with van der Waals surface area (Å²) in [6.45, 7) is 7.70. The molecule has 1 atom stereocenters. The molecule has 1 aromatic carbocycles. The van der Waals surface area contributed by atoms with Crippen molar-refractivity contribution in [3.05, 3.63) is 59.5 Å². The van der Waals surface area contributed by atoms with Gasteiger partial charge in [-0.15, -0.1) is 0 Å². The van der Waals surface area contributed by atoms with Crippen LogP contribution in [0.2, 0.25) is 0 Å². The molecule has 2 aromatic rings. The second kappa shape index (κ2) is 11.9. The Hall–Kier alpha value is -2.60. The molecular formula is C26H36N2O4. The third kappa shape index (κ3) is 6.70. The Morgan fingerprint density at radius 1 is 1.16 bits per heavy atom. The number of nitrogens with zero attached hydrogens (tertiary/aromatic N) is 2. The predicted octanol–water partition coefficient (Wildman–Crippen LogP) is 4.68. The largest absolute Gasteiger partial charge is 0.467 e. The summed E-state index contributed by atoms with van der Waals surface area (Å²) in [4.78, 5) is 30.0. The molecule has 1 aromatic heterocycles. The first kappa shape index (κ1) is 24.1. The Balaban J connectivity index is 1.69. The Morgan fingerprint density at radius 2 is 1.94 bits per heavy atom. The van der Waals surface area contributed by atoms with Crippen LogP contribution in [0.15, 0.2) is 47.1 Å². The van der Waals surface area contributed by atoms with Crippen molar-refractivity contribution >= 4 is 11.8 Å². The topological polar surface area (TPSA) is 63.0 Å². The zero-order chi connectivity index (χ0) is 22.9. The number of aryl methyl sites for hydroxylation is 1. The van der Waals surface area contributed by atoms with Gasteiger partial charge in [0, 0.05) is 24.8 Å². The highest BCUT2D eigenvalue weighted by Crippen LogP contribution is 2.17. The second-order valence-corrected chi connectivity index (χ2v) is 8.82. The number of ether oxygens (including phenoxy) is 1. The summed E-state index contributed by atoms with van der Waals surface area (Å²) in [7, 11) is 0. The molecule has 0 aliphatic carbocycles. The first-order chi connectivity index (χ1) is 15.5. The average molecular weight is 441 g/mol. The summed E-state index contributed by atoms with van der Waals surface area (Å²) in [5, 5.41) is 0. The van der Waals surface area contributed by atoms with Crippen LogP contribution in [0.5, 0.6) is 0 Å². The molecule has 0 bridgehead atoms. The van der Waals surface area contributed by atoms with Crippen molar-refractivity contribution in [3.8, 4) is 0 Å². The van der Waals surface area contributed by atoms with Gasteiger partial charge in [0.15, 0.2) is 0 Å². The number of unbranched alkanes of at least 4 members (excludes halogenated alkanes) is 1. The lowest BCUT2D eigenvalue weighted by Gasteiger charge is -2.31. The van der Waals surface area contributed by atoms with Crippen LogP contribution in [0.3, 0.4) is 0 Å². The van der Waals surface area contributed by atoms with Gasteiger partial charge >= 0.3 is 0 Å². The number of carbonyl (C=O) groups is 2. The number of carbonyl (C=O) groups excluding carboxylic acids is 2. The third-order valence-corrected chi connectivity index (χ3v) is 5.94. The van der Waals surface area contributed by atoms with Crippen molar-refractivity contribution in [2.24, 2.45) is 0 Å². The van der Waals surface area contributed by atoms with Crippen molar-refractivity contribution in [2.75, 3.05) is 19.7 Å². The fourth-order valence-corrected chi connectivity index (χ4v) is 3.97. The minimum Gasteiger partial charge on any atom is -0.467 e. The number of furan rings is 1. The van der Waals surface area contributed by atoms with Crippen molar-refractivity contribution in [1.29, 1.82) is 0 Å². The molecule has 6 heteroatoms. The van der Waals surface area contributed by atoms with Crippen molar-refractivity contribution in [1.82, 2.24) is 9.80 Å². The molecule has 1 saturated heterocycles. The Labute approximate surface area is 191 Å². The van der Waals surface area contributed by atoms with Crippen LogP contribution in [0, 0.1) is 0 Å². The summed E-state index contributed by atoms with van der Waals surface area (Å²) in [5.41, 5.74) is 1.85. The van der Waals surface area contributed by atoms with Crippen LogP contribution >= 0.6 is 0 Å². The molecule has 1 aliphatic rings. The van der Waals surface area contributed by atoms with E-state index in [1.54, 1.807) is 16.1 Å². The molecule has 0 saturated carbocycles. The molecule has 2 amide bonds. The van der Waals surface area contributed by atoms with E-state index in [9.17, 15) is 9.59 Å². The quantitative estimate of drug-likeness (QED) is 0.509. The normalized spacial score (nSPS) is 15.8. The van der Waals surface area contributed by atoms with Crippen molar-refractivity contribution < 1.29 is 18.7 Å². The van der Waals surface area contributed by atoms with Gasteiger partial charge in [0.1, 0.15) is 12.3 Å². The zero-order valence-electron chi connectivity index (χ0n) is 19.6. The minimum absolute atomic E-state index is 0.0293. The molecule has 0 radical (unpaired) electrons. The van der Waals surface area contributed by atoms with Crippen LogP contribution in [-0.2, 0) is 22.5 Å². The highest BCUT2D eigenvalue weighted by atomic mass is 16.5. The zero-order valence-corrected chi connectivity index (χ0v) is 19.6. The molecule has 174 valence electrons. The van der Waals surface area contributed by atoms with E-state index < -0.39 is 0 Å². The van der Waals surface area contributed by atoms with Crippen molar-refractivity contribution in [3.63, 3.8) is 0 Å². The number of benzene rings is 1. The average Bonchev–Trinajstić information content (AvgIpc) is 3.49. The van der Waals surface area contributed by atoms with E-state index in [4.69, 9.17) is 9.15 Å². The Kier molecular flexibility index (Phi) is 8.91. The van der Waals surface area contributed by atoms with Gasteiger partial charge in [-0.05, 0) is 69.4 Å². The van der Waals surface area contributed by atoms with Gasteiger partial charge in [0.05, 0.1) is 18.9 Å². The van der Waals surface area contributed by atoms with E-state index in [0.717, 1.165) is 44.5 Å². The Morgan fingerprint density at radius 3 is 2.53 bits per heavy atom. The van der Waals surface area contributed by atoms with Crippen molar-refractivity contribution in [2.45, 2.75) is 71.6 Å². The smallest absolute Gasteiger partial charge is 0.254 e. The van der Waals surface area contributed by atoms with Gasteiger partial charge in [-0.1, -0.05) is 25.5 Å². The highest BCUT2D eigenvalue weighted by Gasteiger charge is 2.28. The molecule has 0 spiro atoms. The maximum absolute atomic E-state index is 13.3. The fourth-order valence-electron chi connectivity index (χ4n) is 3.97. The first-order valence-corrected chi connectivity index (χ1v) is 11.8. The molecule has 1 fully saturated rings. The molecular weight excluding hydrogens is 404 g/mol. The maximum atomic E-state index is 13.3. The second-order valence-electron chi connectivity index (χ2n) is 8.82. The standard InChI is InChI=1S/C26H36N2O4/c1-4-5-8-21-11-13-22(14-12-21)26(30)28(20(2)3)19-25(29)27(17-23-9-6-15-31-23)18-24-10-7-16-32-24/h6,9,11-15,20,24H,4-5,7-8,10,16-19H2,1-3H3. The van der Waals surface area contributed by atoms with Gasteiger partial charge in [0.25, 0.3) is 5.91 Å². The van der Waals surface area contributed by atoms with Crippen LogP contribution in [0.1, 0.15) is 68.1 Å². The van der Waals surface area contributed by atoms with Gasteiger partial charge in [-0.2, -0.15) is 0 Å². The molecule has 3 rings (SSSR count). The monoisotopic (exact) mass is 440 g/mol. The van der Waals surface area contributed by atoms with E-state index in [-0.39, 0.29) is 30.5 Å². The number of hydrogen-bond donors (Lipinski definition) is 0. The van der Waals surface area contributed by atoms with E-state index in [2.05, 4.69) is 6.92 Å². The number of hydrogen-bond acceptors (Lipinski definition) is 4. The number of amides is 2. The summed E-state index contributed by atoms with van der Waals surface area (Å²) in [6, 6.07) is 11.4. The van der Waals surface area contributed by atoms with Crippen LogP contribution in [0.4, 0.5) is 0 Å². The Bertz CT molecular complexity index is 839. The third-order valence-electron chi connectivity index (χ3n) is 5.94. The molecule has 1 aliphatic heterocycles. The molecule has 6 nitrogen and oxygen atoms in total. The lowest BCUT2D eigenvalue weighted by molar-refractivity contribution is -0.134. The summed E-state index contributed by atoms with van der Waals surface area (Å²) >= 11 is 0. The lowest BCUT2D eigenvalue weighted by atomic mass is 10.1. The summed E-state index contributed by atoms with van der Waals surface area (Å²) in [6.07, 6.45) is 6.89. The molecule has 1 unspecified atom stereocenters. The highest BCUT2D eigenvalue weighted by molar-refractivity contribution is 5.96. The van der Waals surface area contributed by atoms with Crippen LogP contribution in [0.25, 0.3) is 0 Å². The lowest BCUT2D eigenvalue weighted by Crippen LogP contribution is -2.47. The van der Waals surface area contributed by atoms with Crippen LogP contribution < -0.4 is 0 Å². The van der Waals surface area contributed by atoms with E-state index in [0.29, 0.717) is 18.7 Å². The SMILES string of the molecule is CCCCc1ccc(C(=O)N(CC(=O)N(Cc2ccco2)CC2CCCO2)C(C)C)cc1. The molecule has 0 N–H and O–H groups in total. The summed E-state index contributed by atoms with van der Waals surface area (Å²) in [5.74, 6) is 0.505. The number of rotatable bonds is 11. The van der Waals surface area contributed by atoms with E-state index >= 15 is 0 Å². The molecule has 2 heterocycles. The fraction of sp³-hybridized carbons (Fsp3) is 0.538. The maximum Gasteiger partial charge on any atom is 0.254 e. The minimum atomic E-state index is -0.120. The van der Waals surface area contributed by atoms with E-state index in [1.807, 2.05) is 50.2 Å². The van der Waals surface area contributed by atoms with E-state index in [1.165, 1.54) is 5.56 Å². The van der Waals surface area contributed by atoms with Gasteiger partial charge in [-0.25, -0.2) is 0 Å². The van der Waals surface area contributed by atoms with Gasteiger partial charge in [-0.3, -0.25) is 9.59 Å². The van der Waals surface area contributed by atoms with Gasteiger partial charge < -0.3 is 19.0 Å². The summed E-state index contributed by atoms with van der Waals surface area (Å²) < 4.78 is 11.2. The van der Waals surface area contributed by atoms with Gasteiger partial charge in [0.2, 0.25) is 5.91 Å². The predicted molar refractivity (Wildman–Crippen MR) is 124 cm³/mol. The molecule has 32 heavy (non-hydrogen) atoms. The first-order valence-electron chi connectivity index (χ1n) is 11.8. The van der Waals surface area contributed by atoms with Crippen LogP contribution in [-0.4, -0.2) is 53.5 Å².